The second kappa shape index (κ2) is 5.73. The topological polar surface area (TPSA) is 60.2 Å². The highest BCUT2D eigenvalue weighted by Gasteiger charge is 2.15. The van der Waals surface area contributed by atoms with E-state index in [0.29, 0.717) is 6.54 Å². The molecule has 0 atom stereocenters. The predicted octanol–water partition coefficient (Wildman–Crippen LogP) is 2.87. The molecule has 0 saturated carbocycles. The molecule has 0 aliphatic heterocycles. The number of nitrogens with two attached hydrogens (primary N) is 1. The first-order valence-electron chi connectivity index (χ1n) is 6.00. The van der Waals surface area contributed by atoms with Gasteiger partial charge in [-0.15, -0.1) is 0 Å². The van der Waals surface area contributed by atoms with Gasteiger partial charge < -0.3 is 15.8 Å². The molecule has 1 aromatic carbocycles. The molecule has 2 rings (SSSR count). The first-order chi connectivity index (χ1) is 9.52. The summed E-state index contributed by atoms with van der Waals surface area (Å²) in [5.74, 6) is -1.19. The summed E-state index contributed by atoms with van der Waals surface area (Å²) in [4.78, 5) is 3.67. The monoisotopic (exact) mass is 279 g/mol. The van der Waals surface area contributed by atoms with E-state index in [1.165, 1.54) is 6.92 Å². The van der Waals surface area contributed by atoms with Gasteiger partial charge >= 0.3 is 0 Å². The van der Waals surface area contributed by atoms with Gasteiger partial charge in [0.25, 0.3) is 0 Å². The average Bonchev–Trinajstić information content (AvgIpc) is 2.48. The van der Waals surface area contributed by atoms with Crippen LogP contribution in [0.3, 0.4) is 0 Å². The zero-order chi connectivity index (χ0) is 14.7. The van der Waals surface area contributed by atoms with Crippen LogP contribution < -0.4 is 15.8 Å². The Morgan fingerprint density at radius 3 is 2.45 bits per heavy atom. The number of nitrogens with zero attached hydrogens (tertiary/aromatic N) is 1. The molecule has 0 saturated heterocycles. The molecule has 0 aliphatic carbocycles. The maximum Gasteiger partial charge on any atom is 0.171 e. The Kier molecular flexibility index (Phi) is 4.02. The molecule has 2 aromatic rings. The lowest BCUT2D eigenvalue weighted by Gasteiger charge is -2.10. The maximum atomic E-state index is 13.8. The van der Waals surface area contributed by atoms with Crippen LogP contribution in [0.5, 0.6) is 5.75 Å². The number of hydrogen-bond acceptors (Lipinski definition) is 4. The third kappa shape index (κ3) is 2.79. The van der Waals surface area contributed by atoms with Crippen LogP contribution in [-0.4, -0.2) is 12.1 Å². The molecule has 1 aromatic heterocycles. The largest absolute Gasteiger partial charge is 0.497 e. The lowest BCUT2D eigenvalue weighted by Crippen LogP contribution is -2.09. The SMILES string of the molecule is COc1ccc(CNc2nc(N)c(F)c(C)c2F)cc1. The van der Waals surface area contributed by atoms with Crippen LogP contribution in [0.1, 0.15) is 11.1 Å². The number of hydrogen-bond donors (Lipinski definition) is 2. The zero-order valence-electron chi connectivity index (χ0n) is 11.2. The highest BCUT2D eigenvalue weighted by atomic mass is 19.1. The molecule has 0 fully saturated rings. The summed E-state index contributed by atoms with van der Waals surface area (Å²) >= 11 is 0. The quantitative estimate of drug-likeness (QED) is 0.903. The zero-order valence-corrected chi connectivity index (χ0v) is 11.2. The number of nitrogens with one attached hydrogen (secondary N) is 1. The molecule has 6 heteroatoms. The van der Waals surface area contributed by atoms with Crippen molar-refractivity contribution in [3.05, 3.63) is 47.0 Å². The second-order valence-corrected chi connectivity index (χ2v) is 4.30. The number of ether oxygens (including phenoxy) is 1. The van der Waals surface area contributed by atoms with Gasteiger partial charge in [0, 0.05) is 12.1 Å². The molecule has 3 N–H and O–H groups in total. The Hall–Kier alpha value is -2.37. The van der Waals surface area contributed by atoms with E-state index in [2.05, 4.69) is 10.3 Å². The average molecular weight is 279 g/mol. The minimum absolute atomic E-state index is 0.0581. The van der Waals surface area contributed by atoms with E-state index in [1.54, 1.807) is 19.2 Å². The summed E-state index contributed by atoms with van der Waals surface area (Å²) in [7, 11) is 1.58. The number of benzene rings is 1. The van der Waals surface area contributed by atoms with Gasteiger partial charge in [-0.1, -0.05) is 12.1 Å². The Labute approximate surface area is 115 Å². The fourth-order valence-electron chi connectivity index (χ4n) is 1.73. The number of anilines is 2. The fourth-order valence-corrected chi connectivity index (χ4v) is 1.73. The van der Waals surface area contributed by atoms with E-state index in [9.17, 15) is 8.78 Å². The molecule has 0 radical (unpaired) electrons. The highest BCUT2D eigenvalue weighted by Crippen LogP contribution is 2.22. The van der Waals surface area contributed by atoms with Crippen LogP contribution in [-0.2, 0) is 6.54 Å². The molecule has 0 amide bonds. The van der Waals surface area contributed by atoms with E-state index >= 15 is 0 Å². The number of aromatic nitrogens is 1. The number of methoxy groups -OCH3 is 1. The van der Waals surface area contributed by atoms with E-state index in [1.807, 2.05) is 12.1 Å². The summed E-state index contributed by atoms with van der Waals surface area (Å²) in [6.07, 6.45) is 0. The lowest BCUT2D eigenvalue weighted by atomic mass is 10.2. The third-order valence-corrected chi connectivity index (χ3v) is 2.94. The van der Waals surface area contributed by atoms with E-state index in [4.69, 9.17) is 10.5 Å². The van der Waals surface area contributed by atoms with Crippen molar-refractivity contribution in [1.82, 2.24) is 4.98 Å². The van der Waals surface area contributed by atoms with Crippen LogP contribution in [0, 0.1) is 18.6 Å². The van der Waals surface area contributed by atoms with E-state index in [0.717, 1.165) is 11.3 Å². The van der Waals surface area contributed by atoms with Crippen molar-refractivity contribution >= 4 is 11.6 Å². The third-order valence-electron chi connectivity index (χ3n) is 2.94. The van der Waals surface area contributed by atoms with Crippen LogP contribution in [0.4, 0.5) is 20.4 Å². The summed E-state index contributed by atoms with van der Waals surface area (Å²) in [5, 5.41) is 2.80. The van der Waals surface area contributed by atoms with Crippen LogP contribution in [0.25, 0.3) is 0 Å². The van der Waals surface area contributed by atoms with Crippen LogP contribution >= 0.6 is 0 Å². The lowest BCUT2D eigenvalue weighted by molar-refractivity contribution is 0.414. The summed E-state index contributed by atoms with van der Waals surface area (Å²) in [6.45, 7) is 1.67. The summed E-state index contributed by atoms with van der Waals surface area (Å²) in [6, 6.07) is 7.27. The summed E-state index contributed by atoms with van der Waals surface area (Å²) < 4.78 is 32.2. The van der Waals surface area contributed by atoms with Gasteiger partial charge in [0.15, 0.2) is 23.3 Å². The van der Waals surface area contributed by atoms with Crippen molar-refractivity contribution in [3.8, 4) is 5.75 Å². The molecular weight excluding hydrogens is 264 g/mol. The Balaban J connectivity index is 2.14. The molecular formula is C14H15F2N3O. The predicted molar refractivity (Wildman–Crippen MR) is 73.6 cm³/mol. The molecule has 20 heavy (non-hydrogen) atoms. The standard InChI is InChI=1S/C14H15F2N3O/c1-8-11(15)13(17)19-14(12(8)16)18-7-9-3-5-10(20-2)6-4-9/h3-6H,7H2,1-2H3,(H3,17,18,19). The fraction of sp³-hybridized carbons (Fsp3) is 0.214. The number of nitrogen functional groups attached to an aromatic ring is 1. The van der Waals surface area contributed by atoms with Gasteiger partial charge in [0.05, 0.1) is 7.11 Å². The molecule has 0 bridgehead atoms. The van der Waals surface area contributed by atoms with Crippen LogP contribution in [0.2, 0.25) is 0 Å². The van der Waals surface area contributed by atoms with Gasteiger partial charge in [0.1, 0.15) is 5.75 Å². The van der Waals surface area contributed by atoms with Crippen molar-refractivity contribution in [1.29, 1.82) is 0 Å². The molecule has 4 nitrogen and oxygen atoms in total. The van der Waals surface area contributed by atoms with Crippen molar-refractivity contribution in [2.24, 2.45) is 0 Å². The molecule has 0 spiro atoms. The number of rotatable bonds is 4. The normalized spacial score (nSPS) is 10.4. The van der Waals surface area contributed by atoms with Crippen molar-refractivity contribution < 1.29 is 13.5 Å². The number of pyridine rings is 1. The van der Waals surface area contributed by atoms with Gasteiger partial charge in [0.2, 0.25) is 0 Å². The Morgan fingerprint density at radius 1 is 1.20 bits per heavy atom. The molecule has 106 valence electrons. The summed E-state index contributed by atoms with van der Waals surface area (Å²) in [5.41, 5.74) is 6.15. The number of halogens is 2. The minimum atomic E-state index is -0.822. The minimum Gasteiger partial charge on any atom is -0.497 e. The van der Waals surface area contributed by atoms with Crippen molar-refractivity contribution in [3.63, 3.8) is 0 Å². The molecule has 0 aliphatic rings. The first kappa shape index (κ1) is 14.0. The second-order valence-electron chi connectivity index (χ2n) is 4.30. The Morgan fingerprint density at radius 2 is 1.85 bits per heavy atom. The van der Waals surface area contributed by atoms with Crippen LogP contribution in [0.15, 0.2) is 24.3 Å². The van der Waals surface area contributed by atoms with Gasteiger partial charge in [-0.05, 0) is 24.6 Å². The van der Waals surface area contributed by atoms with Gasteiger partial charge in [-0.25, -0.2) is 13.8 Å². The smallest absolute Gasteiger partial charge is 0.171 e. The first-order valence-corrected chi connectivity index (χ1v) is 6.00. The Bertz CT molecular complexity index is 615. The van der Waals surface area contributed by atoms with E-state index < -0.39 is 11.6 Å². The van der Waals surface area contributed by atoms with Gasteiger partial charge in [-0.2, -0.15) is 0 Å². The van der Waals surface area contributed by atoms with Crippen molar-refractivity contribution in [2.45, 2.75) is 13.5 Å². The molecule has 1 heterocycles. The molecule has 0 unspecified atom stereocenters. The van der Waals surface area contributed by atoms with Gasteiger partial charge in [-0.3, -0.25) is 0 Å². The van der Waals surface area contributed by atoms with E-state index in [-0.39, 0.29) is 17.2 Å². The maximum absolute atomic E-state index is 13.8. The highest BCUT2D eigenvalue weighted by molar-refractivity contribution is 5.49. The van der Waals surface area contributed by atoms with Crippen molar-refractivity contribution in [2.75, 3.05) is 18.2 Å².